The Labute approximate surface area is 136 Å². The standard InChI is InChI=1S/C15H23Cl2N3O/c1-2-19-15(21)14(18)11-12-3-5-13(6-4-12)20(9-7-16)10-8-17/h3-6,14H,2,7-11,18H2,1H3,(H,19,21). The molecule has 0 aliphatic rings. The number of carbonyl (C=O) groups excluding carboxylic acids is 1. The first-order valence-corrected chi connectivity index (χ1v) is 8.18. The third-order valence-electron chi connectivity index (χ3n) is 3.15. The van der Waals surface area contributed by atoms with E-state index in [0.29, 0.717) is 24.7 Å². The largest absolute Gasteiger partial charge is 0.369 e. The first-order chi connectivity index (χ1) is 10.1. The molecule has 0 radical (unpaired) electrons. The van der Waals surface area contributed by atoms with E-state index in [1.165, 1.54) is 0 Å². The quantitative estimate of drug-likeness (QED) is 0.680. The van der Waals surface area contributed by atoms with Gasteiger partial charge in [0.2, 0.25) is 5.91 Å². The molecule has 1 atom stereocenters. The van der Waals surface area contributed by atoms with Crippen molar-refractivity contribution in [3.8, 4) is 0 Å². The SMILES string of the molecule is CCNC(=O)C(N)Cc1ccc(N(CCCl)CCCl)cc1. The summed E-state index contributed by atoms with van der Waals surface area (Å²) >= 11 is 11.6. The van der Waals surface area contributed by atoms with E-state index in [0.717, 1.165) is 24.3 Å². The van der Waals surface area contributed by atoms with Crippen molar-refractivity contribution in [1.82, 2.24) is 5.32 Å². The number of likely N-dealkylation sites (N-methyl/N-ethyl adjacent to an activating group) is 1. The number of amides is 1. The molecule has 4 nitrogen and oxygen atoms in total. The Morgan fingerprint density at radius 2 is 1.81 bits per heavy atom. The number of carbonyl (C=O) groups is 1. The molecule has 0 aliphatic heterocycles. The van der Waals surface area contributed by atoms with Crippen molar-refractivity contribution in [2.75, 3.05) is 36.3 Å². The predicted molar refractivity (Wildman–Crippen MR) is 90.5 cm³/mol. The lowest BCUT2D eigenvalue weighted by Crippen LogP contribution is -2.41. The van der Waals surface area contributed by atoms with Crippen LogP contribution in [0, 0.1) is 0 Å². The highest BCUT2D eigenvalue weighted by atomic mass is 35.5. The van der Waals surface area contributed by atoms with E-state index in [-0.39, 0.29) is 5.91 Å². The highest BCUT2D eigenvalue weighted by Crippen LogP contribution is 2.16. The van der Waals surface area contributed by atoms with Gasteiger partial charge in [0, 0.05) is 37.1 Å². The molecule has 0 aromatic heterocycles. The molecule has 0 aliphatic carbocycles. The Morgan fingerprint density at radius 1 is 1.24 bits per heavy atom. The molecule has 1 amide bonds. The van der Waals surface area contributed by atoms with E-state index >= 15 is 0 Å². The van der Waals surface area contributed by atoms with Gasteiger partial charge < -0.3 is 16.0 Å². The second-order valence-electron chi connectivity index (χ2n) is 4.74. The van der Waals surface area contributed by atoms with Crippen LogP contribution in [-0.2, 0) is 11.2 Å². The fourth-order valence-electron chi connectivity index (χ4n) is 2.07. The van der Waals surface area contributed by atoms with Gasteiger partial charge in [0.1, 0.15) is 0 Å². The Kier molecular flexibility index (Phi) is 8.50. The van der Waals surface area contributed by atoms with Gasteiger partial charge in [-0.2, -0.15) is 0 Å². The van der Waals surface area contributed by atoms with Gasteiger partial charge >= 0.3 is 0 Å². The van der Waals surface area contributed by atoms with Gasteiger partial charge in [0.05, 0.1) is 6.04 Å². The monoisotopic (exact) mass is 331 g/mol. The summed E-state index contributed by atoms with van der Waals surface area (Å²) in [6, 6.07) is 7.49. The van der Waals surface area contributed by atoms with Gasteiger partial charge in [-0.25, -0.2) is 0 Å². The van der Waals surface area contributed by atoms with Crippen LogP contribution in [0.5, 0.6) is 0 Å². The summed E-state index contributed by atoms with van der Waals surface area (Å²) in [6.07, 6.45) is 0.525. The molecule has 0 saturated heterocycles. The van der Waals surface area contributed by atoms with Gasteiger partial charge in [0.15, 0.2) is 0 Å². The van der Waals surface area contributed by atoms with E-state index in [4.69, 9.17) is 28.9 Å². The normalized spacial score (nSPS) is 12.0. The molecule has 0 saturated carbocycles. The topological polar surface area (TPSA) is 58.4 Å². The van der Waals surface area contributed by atoms with E-state index in [9.17, 15) is 4.79 Å². The van der Waals surface area contributed by atoms with Crippen molar-refractivity contribution in [2.45, 2.75) is 19.4 Å². The zero-order valence-corrected chi connectivity index (χ0v) is 13.8. The summed E-state index contributed by atoms with van der Waals surface area (Å²) < 4.78 is 0. The molecule has 0 spiro atoms. The van der Waals surface area contributed by atoms with E-state index in [2.05, 4.69) is 10.2 Å². The molecule has 118 valence electrons. The third-order valence-corrected chi connectivity index (χ3v) is 3.49. The van der Waals surface area contributed by atoms with Crippen molar-refractivity contribution >= 4 is 34.8 Å². The lowest BCUT2D eigenvalue weighted by atomic mass is 10.1. The summed E-state index contributed by atoms with van der Waals surface area (Å²) in [5.74, 6) is 0.994. The number of hydrogen-bond acceptors (Lipinski definition) is 3. The van der Waals surface area contributed by atoms with Gasteiger partial charge in [0.25, 0.3) is 0 Å². The van der Waals surface area contributed by atoms with Crippen molar-refractivity contribution in [1.29, 1.82) is 0 Å². The van der Waals surface area contributed by atoms with Crippen LogP contribution in [-0.4, -0.2) is 43.3 Å². The van der Waals surface area contributed by atoms with Crippen LogP contribution in [0.4, 0.5) is 5.69 Å². The fourth-order valence-corrected chi connectivity index (χ4v) is 2.48. The molecule has 1 aromatic carbocycles. The minimum atomic E-state index is -0.516. The number of hydrogen-bond donors (Lipinski definition) is 2. The molecule has 1 aromatic rings. The van der Waals surface area contributed by atoms with Crippen LogP contribution in [0.3, 0.4) is 0 Å². The lowest BCUT2D eigenvalue weighted by Gasteiger charge is -2.23. The van der Waals surface area contributed by atoms with Gasteiger partial charge in [-0.05, 0) is 31.0 Å². The van der Waals surface area contributed by atoms with Gasteiger partial charge in [-0.15, -0.1) is 23.2 Å². The Bertz CT molecular complexity index is 419. The van der Waals surface area contributed by atoms with Crippen LogP contribution in [0.1, 0.15) is 12.5 Å². The predicted octanol–water partition coefficient (Wildman–Crippen LogP) is 1.98. The maximum absolute atomic E-state index is 11.6. The summed E-state index contributed by atoms with van der Waals surface area (Å²) in [5.41, 5.74) is 7.98. The Hall–Kier alpha value is -0.970. The minimum absolute atomic E-state index is 0.118. The molecule has 0 bridgehead atoms. The fraction of sp³-hybridized carbons (Fsp3) is 0.533. The molecular formula is C15H23Cl2N3O. The number of halogens is 2. The summed E-state index contributed by atoms with van der Waals surface area (Å²) in [4.78, 5) is 13.8. The third kappa shape index (κ3) is 6.12. The maximum Gasteiger partial charge on any atom is 0.237 e. The van der Waals surface area contributed by atoms with Crippen molar-refractivity contribution in [2.24, 2.45) is 5.73 Å². The first-order valence-electron chi connectivity index (χ1n) is 7.11. The van der Waals surface area contributed by atoms with E-state index in [1.54, 1.807) is 0 Å². The smallest absolute Gasteiger partial charge is 0.237 e. The average molecular weight is 332 g/mol. The van der Waals surface area contributed by atoms with Crippen molar-refractivity contribution < 1.29 is 4.79 Å². The van der Waals surface area contributed by atoms with Crippen LogP contribution >= 0.6 is 23.2 Å². The number of rotatable bonds is 9. The number of nitrogens with two attached hydrogens (primary N) is 1. The molecule has 21 heavy (non-hydrogen) atoms. The van der Waals surface area contributed by atoms with Crippen LogP contribution < -0.4 is 16.0 Å². The number of benzene rings is 1. The van der Waals surface area contributed by atoms with E-state index in [1.807, 2.05) is 31.2 Å². The molecule has 0 heterocycles. The summed E-state index contributed by atoms with van der Waals surface area (Å²) in [6.45, 7) is 3.98. The molecule has 1 unspecified atom stereocenters. The first kappa shape index (κ1) is 18.1. The minimum Gasteiger partial charge on any atom is -0.369 e. The number of alkyl halides is 2. The van der Waals surface area contributed by atoms with Gasteiger partial charge in [-0.3, -0.25) is 4.79 Å². The van der Waals surface area contributed by atoms with E-state index < -0.39 is 6.04 Å². The van der Waals surface area contributed by atoms with Crippen LogP contribution in [0.25, 0.3) is 0 Å². The van der Waals surface area contributed by atoms with Gasteiger partial charge in [-0.1, -0.05) is 12.1 Å². The number of nitrogens with zero attached hydrogens (tertiary/aromatic N) is 1. The van der Waals surface area contributed by atoms with Crippen molar-refractivity contribution in [3.05, 3.63) is 29.8 Å². The Morgan fingerprint density at radius 3 is 2.29 bits per heavy atom. The molecule has 6 heteroatoms. The highest BCUT2D eigenvalue weighted by Gasteiger charge is 2.13. The van der Waals surface area contributed by atoms with Crippen LogP contribution in [0.2, 0.25) is 0 Å². The Balaban J connectivity index is 2.66. The molecule has 0 fully saturated rings. The lowest BCUT2D eigenvalue weighted by molar-refractivity contribution is -0.122. The molecule has 3 N–H and O–H groups in total. The maximum atomic E-state index is 11.6. The zero-order chi connectivity index (χ0) is 15.7. The summed E-state index contributed by atoms with van der Waals surface area (Å²) in [5, 5.41) is 2.73. The second-order valence-corrected chi connectivity index (χ2v) is 5.49. The molecule has 1 rings (SSSR count). The van der Waals surface area contributed by atoms with Crippen molar-refractivity contribution in [3.63, 3.8) is 0 Å². The summed E-state index contributed by atoms with van der Waals surface area (Å²) in [7, 11) is 0. The average Bonchev–Trinajstić information content (AvgIpc) is 2.48. The molecular weight excluding hydrogens is 309 g/mol. The van der Waals surface area contributed by atoms with Crippen LogP contribution in [0.15, 0.2) is 24.3 Å². The number of nitrogens with one attached hydrogen (secondary N) is 1. The number of anilines is 1. The zero-order valence-electron chi connectivity index (χ0n) is 12.3. The highest BCUT2D eigenvalue weighted by molar-refractivity contribution is 6.18. The second kappa shape index (κ2) is 9.87.